The molecule has 2 fully saturated rings. The summed E-state index contributed by atoms with van der Waals surface area (Å²) in [5.74, 6) is 0. The first-order valence-corrected chi connectivity index (χ1v) is 8.62. The van der Waals surface area contributed by atoms with Crippen molar-refractivity contribution < 1.29 is 0 Å². The Balaban J connectivity index is 1.78. The van der Waals surface area contributed by atoms with E-state index in [-0.39, 0.29) is 0 Å². The van der Waals surface area contributed by atoms with E-state index >= 15 is 0 Å². The van der Waals surface area contributed by atoms with Crippen LogP contribution in [0.15, 0.2) is 18.2 Å². The molecule has 2 aliphatic heterocycles. The van der Waals surface area contributed by atoms with Crippen LogP contribution >= 0.6 is 23.2 Å². The zero-order chi connectivity index (χ0) is 14.7. The van der Waals surface area contributed by atoms with Crippen molar-refractivity contribution in [1.82, 2.24) is 15.1 Å². The van der Waals surface area contributed by atoms with E-state index < -0.39 is 0 Å². The summed E-state index contributed by atoms with van der Waals surface area (Å²) in [7, 11) is 0. The molecule has 0 bridgehead atoms. The summed E-state index contributed by atoms with van der Waals surface area (Å²) in [6, 6.07) is 6.55. The predicted octanol–water partition coefficient (Wildman–Crippen LogP) is 3.04. The van der Waals surface area contributed by atoms with Gasteiger partial charge >= 0.3 is 0 Å². The van der Waals surface area contributed by atoms with Gasteiger partial charge in [0.05, 0.1) is 10.0 Å². The third kappa shape index (κ3) is 3.91. The van der Waals surface area contributed by atoms with Crippen molar-refractivity contribution in [3.63, 3.8) is 0 Å². The van der Waals surface area contributed by atoms with Crippen molar-refractivity contribution in [2.45, 2.75) is 18.9 Å². The first kappa shape index (κ1) is 15.6. The van der Waals surface area contributed by atoms with Gasteiger partial charge in [0.25, 0.3) is 0 Å². The van der Waals surface area contributed by atoms with Crippen LogP contribution in [0, 0.1) is 0 Å². The van der Waals surface area contributed by atoms with Crippen molar-refractivity contribution in [2.75, 3.05) is 45.8 Å². The average molecular weight is 328 g/mol. The number of halogens is 2. The molecular formula is C16H23Cl2N3. The van der Waals surface area contributed by atoms with E-state index in [4.69, 9.17) is 23.2 Å². The molecule has 0 spiro atoms. The lowest BCUT2D eigenvalue weighted by Crippen LogP contribution is -2.47. The smallest absolute Gasteiger partial charge is 0.0595 e. The molecule has 2 aliphatic rings. The molecule has 0 saturated carbocycles. The van der Waals surface area contributed by atoms with E-state index in [9.17, 15) is 0 Å². The topological polar surface area (TPSA) is 18.5 Å². The van der Waals surface area contributed by atoms with Crippen LogP contribution < -0.4 is 5.32 Å². The standard InChI is InChI=1S/C16H23Cl2N3/c17-14-4-3-13(11-15(14)18)16(21-7-1-2-8-21)12-20-9-5-19-6-10-20/h3-4,11,16,19H,1-2,5-10,12H2. The second kappa shape index (κ2) is 7.30. The van der Waals surface area contributed by atoms with E-state index in [0.29, 0.717) is 16.1 Å². The van der Waals surface area contributed by atoms with Gasteiger partial charge in [0.15, 0.2) is 0 Å². The molecule has 0 amide bonds. The molecule has 1 unspecified atom stereocenters. The molecule has 1 aromatic carbocycles. The van der Waals surface area contributed by atoms with Crippen LogP contribution in [-0.4, -0.2) is 55.6 Å². The van der Waals surface area contributed by atoms with Crippen LogP contribution in [0.2, 0.25) is 10.0 Å². The summed E-state index contributed by atoms with van der Waals surface area (Å²) in [5, 5.41) is 4.73. The van der Waals surface area contributed by atoms with E-state index in [2.05, 4.69) is 27.2 Å². The largest absolute Gasteiger partial charge is 0.314 e. The predicted molar refractivity (Wildman–Crippen MR) is 89.3 cm³/mol. The molecule has 1 atom stereocenters. The second-order valence-electron chi connectivity index (χ2n) is 5.98. The normalized spacial score (nSPS) is 22.6. The first-order chi connectivity index (χ1) is 10.2. The monoisotopic (exact) mass is 327 g/mol. The Morgan fingerprint density at radius 3 is 2.38 bits per heavy atom. The summed E-state index contributed by atoms with van der Waals surface area (Å²) in [6.07, 6.45) is 2.61. The number of nitrogens with zero attached hydrogens (tertiary/aromatic N) is 2. The molecule has 5 heteroatoms. The summed E-state index contributed by atoms with van der Waals surface area (Å²) < 4.78 is 0. The van der Waals surface area contributed by atoms with Crippen LogP contribution in [-0.2, 0) is 0 Å². The quantitative estimate of drug-likeness (QED) is 0.917. The van der Waals surface area contributed by atoms with Crippen molar-refractivity contribution in [3.8, 4) is 0 Å². The van der Waals surface area contributed by atoms with Crippen LogP contribution in [0.5, 0.6) is 0 Å². The van der Waals surface area contributed by atoms with Gasteiger partial charge in [-0.2, -0.15) is 0 Å². The molecule has 3 rings (SSSR count). The van der Waals surface area contributed by atoms with Gasteiger partial charge in [0.1, 0.15) is 0 Å². The first-order valence-electron chi connectivity index (χ1n) is 7.86. The molecule has 2 heterocycles. The van der Waals surface area contributed by atoms with Crippen LogP contribution in [0.3, 0.4) is 0 Å². The third-order valence-corrected chi connectivity index (χ3v) is 5.29. The van der Waals surface area contributed by atoms with Gasteiger partial charge in [0, 0.05) is 38.8 Å². The third-order valence-electron chi connectivity index (χ3n) is 4.55. The number of hydrogen-bond donors (Lipinski definition) is 1. The van der Waals surface area contributed by atoms with Crippen molar-refractivity contribution in [1.29, 1.82) is 0 Å². The molecule has 0 radical (unpaired) electrons. The molecule has 0 aliphatic carbocycles. The number of nitrogens with one attached hydrogen (secondary N) is 1. The van der Waals surface area contributed by atoms with Gasteiger partial charge in [-0.1, -0.05) is 29.3 Å². The fourth-order valence-electron chi connectivity index (χ4n) is 3.34. The number of hydrogen-bond acceptors (Lipinski definition) is 3. The van der Waals surface area contributed by atoms with Crippen LogP contribution in [0.4, 0.5) is 0 Å². The summed E-state index contributed by atoms with van der Waals surface area (Å²) in [6.45, 7) is 7.91. The molecular weight excluding hydrogens is 305 g/mol. The van der Waals surface area contributed by atoms with E-state index in [0.717, 1.165) is 32.7 Å². The number of benzene rings is 1. The number of likely N-dealkylation sites (tertiary alicyclic amines) is 1. The SMILES string of the molecule is Clc1ccc(C(CN2CCNCC2)N2CCCC2)cc1Cl. The average Bonchev–Trinajstić information content (AvgIpc) is 3.03. The van der Waals surface area contributed by atoms with Crippen molar-refractivity contribution in [2.24, 2.45) is 0 Å². The van der Waals surface area contributed by atoms with Crippen LogP contribution in [0.25, 0.3) is 0 Å². The zero-order valence-electron chi connectivity index (χ0n) is 12.3. The van der Waals surface area contributed by atoms with Crippen molar-refractivity contribution >= 4 is 23.2 Å². The van der Waals surface area contributed by atoms with Gasteiger partial charge in [-0.05, 0) is 43.6 Å². The Kier molecular flexibility index (Phi) is 5.41. The molecule has 2 saturated heterocycles. The zero-order valence-corrected chi connectivity index (χ0v) is 13.8. The lowest BCUT2D eigenvalue weighted by atomic mass is 10.0. The van der Waals surface area contributed by atoms with E-state index in [1.807, 2.05) is 6.07 Å². The summed E-state index contributed by atoms with van der Waals surface area (Å²) in [5.41, 5.74) is 1.30. The van der Waals surface area contributed by atoms with E-state index in [1.54, 1.807) is 0 Å². The van der Waals surface area contributed by atoms with Gasteiger partial charge in [-0.3, -0.25) is 9.80 Å². The lowest BCUT2D eigenvalue weighted by molar-refractivity contribution is 0.150. The summed E-state index contributed by atoms with van der Waals surface area (Å²) in [4.78, 5) is 5.16. The maximum atomic E-state index is 6.23. The Morgan fingerprint density at radius 1 is 1.00 bits per heavy atom. The number of rotatable bonds is 4. The highest BCUT2D eigenvalue weighted by molar-refractivity contribution is 6.42. The second-order valence-corrected chi connectivity index (χ2v) is 6.80. The van der Waals surface area contributed by atoms with Crippen molar-refractivity contribution in [3.05, 3.63) is 33.8 Å². The molecule has 21 heavy (non-hydrogen) atoms. The van der Waals surface area contributed by atoms with Gasteiger partial charge in [-0.25, -0.2) is 0 Å². The van der Waals surface area contributed by atoms with Crippen LogP contribution in [0.1, 0.15) is 24.4 Å². The maximum absolute atomic E-state index is 6.23. The molecule has 0 aromatic heterocycles. The minimum atomic E-state index is 0.431. The Labute approximate surface area is 137 Å². The minimum absolute atomic E-state index is 0.431. The maximum Gasteiger partial charge on any atom is 0.0595 e. The lowest BCUT2D eigenvalue weighted by Gasteiger charge is -2.35. The molecule has 1 aromatic rings. The highest BCUT2D eigenvalue weighted by atomic mass is 35.5. The minimum Gasteiger partial charge on any atom is -0.314 e. The van der Waals surface area contributed by atoms with Gasteiger partial charge < -0.3 is 5.32 Å². The fourth-order valence-corrected chi connectivity index (χ4v) is 3.65. The Bertz CT molecular complexity index is 469. The highest BCUT2D eigenvalue weighted by Crippen LogP contribution is 2.31. The van der Waals surface area contributed by atoms with Gasteiger partial charge in [0.2, 0.25) is 0 Å². The Morgan fingerprint density at radius 2 is 1.71 bits per heavy atom. The molecule has 116 valence electrons. The number of piperazine rings is 1. The molecule has 3 nitrogen and oxygen atoms in total. The Hall–Kier alpha value is -0.320. The fraction of sp³-hybridized carbons (Fsp3) is 0.625. The van der Waals surface area contributed by atoms with Gasteiger partial charge in [-0.15, -0.1) is 0 Å². The highest BCUT2D eigenvalue weighted by Gasteiger charge is 2.26. The summed E-state index contributed by atoms with van der Waals surface area (Å²) >= 11 is 12.3. The van der Waals surface area contributed by atoms with E-state index in [1.165, 1.54) is 31.5 Å². The molecule has 1 N–H and O–H groups in total.